The summed E-state index contributed by atoms with van der Waals surface area (Å²) in [6, 6.07) is 32.1. The van der Waals surface area contributed by atoms with Gasteiger partial charge in [0.15, 0.2) is 6.17 Å². The number of pyridine rings is 2. The summed E-state index contributed by atoms with van der Waals surface area (Å²) in [4.78, 5) is 71.8. The van der Waals surface area contributed by atoms with Crippen LogP contribution >= 0.6 is 0 Å². The van der Waals surface area contributed by atoms with Crippen LogP contribution in [0.3, 0.4) is 0 Å². The Labute approximate surface area is 526 Å². The number of halogens is 3. The molecule has 8 fully saturated rings. The molecule has 6 aromatic rings. The van der Waals surface area contributed by atoms with E-state index in [2.05, 4.69) is 36.9 Å². The molecule has 4 aromatic carbocycles. The molecular formula is C68H78F3N11O9. The van der Waals surface area contributed by atoms with E-state index in [1.165, 1.54) is 4.90 Å². The van der Waals surface area contributed by atoms with Gasteiger partial charge in [0.05, 0.1) is 37.1 Å². The minimum atomic E-state index is -1.39. The van der Waals surface area contributed by atoms with Gasteiger partial charge in [-0.15, -0.1) is 0 Å². The fourth-order valence-corrected chi connectivity index (χ4v) is 12.5. The zero-order valence-electron chi connectivity index (χ0n) is 50.5. The van der Waals surface area contributed by atoms with Crippen LogP contribution in [-0.2, 0) is 48.3 Å². The van der Waals surface area contributed by atoms with Crippen LogP contribution in [0.5, 0.6) is 11.5 Å². The van der Waals surface area contributed by atoms with Gasteiger partial charge in [0.25, 0.3) is 0 Å². The minimum absolute atomic E-state index is 0.0521. The minimum Gasteiger partial charge on any atom is -0.490 e. The number of carbonyl (C=O) groups excluding carboxylic acids is 5. The van der Waals surface area contributed by atoms with Gasteiger partial charge in [-0.3, -0.25) is 33.9 Å². The number of anilines is 4. The number of amides is 5. The lowest BCUT2D eigenvalue weighted by Crippen LogP contribution is -2.67. The fraction of sp³-hybridized carbons (Fsp3) is 0.426. The smallest absolute Gasteiger partial charge is 0.248 e. The number of aliphatic hydroxyl groups is 1. The van der Waals surface area contributed by atoms with Crippen LogP contribution in [0.4, 0.5) is 35.9 Å². The number of likely N-dealkylation sites (tertiary alicyclic amines) is 1. The van der Waals surface area contributed by atoms with Crippen molar-refractivity contribution in [1.29, 1.82) is 0 Å². The van der Waals surface area contributed by atoms with Crippen LogP contribution in [-0.4, -0.2) is 126 Å². The molecule has 5 saturated carbocycles. The lowest BCUT2D eigenvalue weighted by molar-refractivity contribution is -0.182. The van der Waals surface area contributed by atoms with E-state index >= 15 is 0 Å². The number of aromatic nitrogens is 2. The number of nitrogens with zero attached hydrogens (tertiary/aromatic N) is 4. The van der Waals surface area contributed by atoms with Crippen molar-refractivity contribution in [3.05, 3.63) is 132 Å². The highest BCUT2D eigenvalue weighted by Gasteiger charge is 2.66. The molecule has 20 nitrogen and oxygen atoms in total. The lowest BCUT2D eigenvalue weighted by atomic mass is 9.40. The maximum Gasteiger partial charge on any atom is 0.248 e. The maximum absolute atomic E-state index is 14.6. The summed E-state index contributed by atoms with van der Waals surface area (Å²) >= 11 is 0. The van der Waals surface area contributed by atoms with Crippen LogP contribution in [0.1, 0.15) is 68.1 Å². The first-order chi connectivity index (χ1) is 44.1. The Morgan fingerprint density at radius 2 is 1.18 bits per heavy atom. The standard InChI is InChI=1S/C24H28N4O4.C23H26F2N4O4.C21H24FN3O/c25-12-14-9-13(1-2-20(14)32-16-4-7-31-8-5-16)19-10-15(3-6-27-19)28-24(30)22-17-11-18(22)21(17)23(26)29;24-17-9-16(17)23(32)28-15-3-5-27-19(8-15)13-1-2-20(14(7-13)10-26)33-21-4-6-29(11-18(21)25)22(31)12-30;22-18-8-9-25(13-18)20-7-6-16(10-17(20)12-23)15-2-1-3-19(11-15)24-21(26)14-4-5-14/h1-3,6,9-10,16-18,21-22H,4-5,7-8,11-12,25H2,(H2,26,29)(H,27,28,30);1-3,5,7-8,16-18,21,30H,4,6,9-12,26H2,(H,27,28,32);1-3,6-7,10-11,14,18H,4-5,8-9,12-13,23H2,(H,24,26)/t;16-,17+,18-,21+;18-/m.10/s1. The molecule has 480 valence electrons. The number of rotatable bonds is 19. The van der Waals surface area contributed by atoms with Crippen molar-refractivity contribution in [2.24, 2.45) is 58.4 Å². The van der Waals surface area contributed by atoms with E-state index < -0.39 is 43.1 Å². The third-order valence-corrected chi connectivity index (χ3v) is 18.2. The molecule has 23 heteroatoms. The molecule has 14 rings (SSSR count). The molecule has 0 spiro atoms. The number of aliphatic hydroxyl groups excluding tert-OH is 1. The monoisotopic (exact) mass is 1250 g/mol. The number of hydrogen-bond acceptors (Lipinski definition) is 15. The Hall–Kier alpha value is -8.48. The van der Waals surface area contributed by atoms with Crippen LogP contribution in [0.2, 0.25) is 0 Å². The number of primary amides is 1. The normalized spacial score (nSPS) is 23.7. The van der Waals surface area contributed by atoms with Gasteiger partial charge in [0.2, 0.25) is 29.5 Å². The molecule has 2 unspecified atom stereocenters. The zero-order valence-corrected chi connectivity index (χ0v) is 50.5. The van der Waals surface area contributed by atoms with Gasteiger partial charge in [-0.2, -0.15) is 0 Å². The van der Waals surface area contributed by atoms with Crippen molar-refractivity contribution in [3.8, 4) is 45.1 Å². The summed E-state index contributed by atoms with van der Waals surface area (Å²) in [5.74, 6) is -0.317. The van der Waals surface area contributed by atoms with E-state index in [4.69, 9.17) is 42.3 Å². The van der Waals surface area contributed by atoms with Gasteiger partial charge in [0.1, 0.15) is 42.7 Å². The molecule has 91 heavy (non-hydrogen) atoms. The van der Waals surface area contributed by atoms with Crippen LogP contribution < -0.4 is 53.3 Å². The molecule has 2 aromatic heterocycles. The highest BCUT2D eigenvalue weighted by molar-refractivity contribution is 5.98. The van der Waals surface area contributed by atoms with Crippen LogP contribution in [0, 0.1) is 35.5 Å². The van der Waals surface area contributed by atoms with Crippen LogP contribution in [0.15, 0.2) is 116 Å². The predicted molar refractivity (Wildman–Crippen MR) is 338 cm³/mol. The molecule has 3 aliphatic heterocycles. The van der Waals surface area contributed by atoms with Crippen LogP contribution in [0.25, 0.3) is 33.6 Å². The van der Waals surface area contributed by atoms with Gasteiger partial charge >= 0.3 is 0 Å². The number of nitrogens with one attached hydrogen (secondary N) is 3. The first kappa shape index (κ1) is 64.1. The molecular weight excluding hydrogens is 1170 g/mol. The third kappa shape index (κ3) is 15.3. The number of hydrogen-bond donors (Lipinski definition) is 8. The third-order valence-electron chi connectivity index (χ3n) is 18.2. The van der Waals surface area contributed by atoms with E-state index in [0.29, 0.717) is 80.6 Å². The Morgan fingerprint density at radius 3 is 1.74 bits per heavy atom. The molecule has 3 saturated heterocycles. The first-order valence-electron chi connectivity index (χ1n) is 31.3. The topological polar surface area (TPSA) is 306 Å². The van der Waals surface area contributed by atoms with Crippen molar-refractivity contribution in [1.82, 2.24) is 14.9 Å². The summed E-state index contributed by atoms with van der Waals surface area (Å²) in [6.07, 6.45) is 5.17. The Kier molecular flexibility index (Phi) is 20.3. The number of benzene rings is 4. The number of piperidine rings is 1. The highest BCUT2D eigenvalue weighted by Crippen LogP contribution is 2.63. The average molecular weight is 1250 g/mol. The van der Waals surface area contributed by atoms with E-state index in [0.717, 1.165) is 94.8 Å². The molecule has 2 bridgehead atoms. The molecule has 8 aliphatic rings. The Morgan fingerprint density at radius 1 is 0.593 bits per heavy atom. The van der Waals surface area contributed by atoms with Gasteiger partial charge < -0.3 is 68.0 Å². The van der Waals surface area contributed by atoms with Gasteiger partial charge in [-0.05, 0) is 146 Å². The number of alkyl halides is 3. The summed E-state index contributed by atoms with van der Waals surface area (Å²) in [5, 5.41) is 17.6. The summed E-state index contributed by atoms with van der Waals surface area (Å²) in [5.41, 5.74) is 33.9. The van der Waals surface area contributed by atoms with Crippen molar-refractivity contribution >= 4 is 52.3 Å². The maximum atomic E-state index is 14.6. The summed E-state index contributed by atoms with van der Waals surface area (Å²) < 4.78 is 58.7. The SMILES string of the molecule is NCc1cc(-c2cc(NC(=O)C3C4CC3C4C(N)=O)ccn2)ccc1OC1CCOCC1.NCc1cc(-c2cc(NC(=O)[C@@H]3C[C@@H]3F)ccn2)ccc1O[C@H]1CCN(C(=O)CO)C[C@H]1F.NCc1cc(-c2cccc(NC(=O)C3CC3)c2)ccc1N1CC[C@H](F)C1. The molecule has 0 radical (unpaired) electrons. The number of nitrogens with two attached hydrogens (primary N) is 4. The molecule has 5 heterocycles. The van der Waals surface area contributed by atoms with Gasteiger partial charge in [0, 0.05) is 134 Å². The summed E-state index contributed by atoms with van der Waals surface area (Å²) in [7, 11) is 0. The quantitative estimate of drug-likeness (QED) is 0.0387. The van der Waals surface area contributed by atoms with Crippen molar-refractivity contribution in [2.75, 3.05) is 66.8 Å². The highest BCUT2D eigenvalue weighted by atomic mass is 19.1. The largest absolute Gasteiger partial charge is 0.490 e. The zero-order chi connectivity index (χ0) is 63.9. The second-order valence-electron chi connectivity index (χ2n) is 24.4. The Balaban J connectivity index is 0.000000141. The Bertz CT molecular complexity index is 3620. The number of ether oxygens (including phenoxy) is 3. The van der Waals surface area contributed by atoms with Gasteiger partial charge in [-0.1, -0.05) is 18.2 Å². The second kappa shape index (κ2) is 28.8. The molecule has 12 N–H and O–H groups in total. The average Bonchev–Trinajstić information content (AvgIpc) is 1.70. The molecule has 7 atom stereocenters. The van der Waals surface area contributed by atoms with E-state index in [-0.39, 0.29) is 78.8 Å². The number of carbonyl (C=O) groups is 5. The fourth-order valence-electron chi connectivity index (χ4n) is 12.5. The van der Waals surface area contributed by atoms with Crippen molar-refractivity contribution in [3.63, 3.8) is 0 Å². The first-order valence-corrected chi connectivity index (χ1v) is 31.3. The van der Waals surface area contributed by atoms with E-state index in [1.54, 1.807) is 48.8 Å². The van der Waals surface area contributed by atoms with Gasteiger partial charge in [-0.25, -0.2) is 13.2 Å². The predicted octanol–water partition coefficient (Wildman–Crippen LogP) is 7.59. The van der Waals surface area contributed by atoms with Crippen molar-refractivity contribution < 1.29 is 56.5 Å². The van der Waals surface area contributed by atoms with E-state index in [1.807, 2.05) is 60.7 Å². The second-order valence-corrected chi connectivity index (χ2v) is 24.4. The molecule has 5 aliphatic carbocycles. The van der Waals surface area contributed by atoms with E-state index in [9.17, 15) is 37.1 Å². The van der Waals surface area contributed by atoms with Crippen molar-refractivity contribution in [2.45, 2.75) is 102 Å². The molecule has 5 amide bonds. The lowest BCUT2D eigenvalue weighted by Gasteiger charge is -2.62. The summed E-state index contributed by atoms with van der Waals surface area (Å²) in [6.45, 7) is 3.04.